The van der Waals surface area contributed by atoms with Gasteiger partial charge in [0, 0.05) is 74.0 Å². The number of aromatic nitrogens is 4. The monoisotopic (exact) mass is 1300 g/mol. The second kappa shape index (κ2) is 20.7. The smallest absolute Gasteiger partial charge is 0.238 e. The van der Waals surface area contributed by atoms with Crippen LogP contribution in [0.25, 0.3) is 210 Å². The molecule has 0 aliphatic rings. The van der Waals surface area contributed by atoms with Gasteiger partial charge in [0.1, 0.15) is 11.6 Å². The maximum absolute atomic E-state index is 13.6. The Bertz CT molecular complexity index is 7400. The first-order valence-electron chi connectivity index (χ1n) is 33.7. The Hall–Kier alpha value is -13.1. The third-order valence-corrected chi connectivity index (χ3v) is 23.8. The molecule has 0 N–H and O–H groups in total. The van der Waals surface area contributed by atoms with Crippen LogP contribution in [0.2, 0.25) is 0 Å². The van der Waals surface area contributed by atoms with E-state index in [0.717, 1.165) is 157 Å². The molecule has 0 unspecified atom stereocenters. The number of hydrogen-bond acceptors (Lipinski definition) is 3. The number of thiophene rings is 2. The molecule has 0 fully saturated rings. The summed E-state index contributed by atoms with van der Waals surface area (Å²) >= 11 is 3.57. The summed E-state index contributed by atoms with van der Waals surface area (Å²) in [5, 5.41) is 33.5. The van der Waals surface area contributed by atoms with Crippen molar-refractivity contribution in [2.75, 3.05) is 0 Å². The van der Waals surface area contributed by atoms with Gasteiger partial charge in [0.2, 0.25) is 5.69 Å². The Balaban J connectivity index is 1.02. The molecule has 22 rings (SSSR count). The normalized spacial score (nSPS) is 12.2. The van der Waals surface area contributed by atoms with E-state index >= 15 is 0 Å². The molecule has 16 aromatic carbocycles. The van der Waals surface area contributed by atoms with Crippen LogP contribution in [0, 0.1) is 17.9 Å². The summed E-state index contributed by atoms with van der Waals surface area (Å²) in [6.07, 6.45) is 0. The van der Waals surface area contributed by atoms with Gasteiger partial charge in [-0.1, -0.05) is 249 Å². The number of nitriles is 1. The van der Waals surface area contributed by atoms with E-state index in [1.807, 2.05) is 0 Å². The Labute approximate surface area is 579 Å². The van der Waals surface area contributed by atoms with Crippen molar-refractivity contribution in [3.63, 3.8) is 0 Å². The average Bonchev–Trinajstić information content (AvgIpc) is 1.49. The van der Waals surface area contributed by atoms with Gasteiger partial charge in [-0.25, -0.2) is 4.85 Å². The Kier molecular flexibility index (Phi) is 11.4. The summed E-state index contributed by atoms with van der Waals surface area (Å²) in [5.41, 5.74) is 14.9. The lowest BCUT2D eigenvalue weighted by Crippen LogP contribution is -2.14. The lowest BCUT2D eigenvalue weighted by Gasteiger charge is -2.27. The van der Waals surface area contributed by atoms with Crippen molar-refractivity contribution in [3.8, 4) is 51.1 Å². The molecule has 0 amide bonds. The van der Waals surface area contributed by atoms with E-state index in [1.54, 1.807) is 22.7 Å². The molecule has 0 atom stereocenters. The van der Waals surface area contributed by atoms with E-state index in [4.69, 9.17) is 4.85 Å². The minimum absolute atomic E-state index is 0.389. The SMILES string of the molecule is [C-]#[N+]c1c(-n2c3ccccc3c3ccccc32)c(-n2c3cc(-c4cc5ccccc5c5ccccc45)ccc3c3ccc4c5ccccc5sc4c32)c(C#N)c(-n2c3ccccc3c3ccccc32)c1-n1c2cc(-c3cccc4ccccc34)ccc2c2ccc3c4ccccc4sc3c21. The Morgan fingerprint density at radius 2 is 0.660 bits per heavy atom. The van der Waals surface area contributed by atoms with Crippen molar-refractivity contribution in [3.05, 3.63) is 320 Å². The van der Waals surface area contributed by atoms with Crippen LogP contribution in [0.4, 0.5) is 5.69 Å². The second-order valence-corrected chi connectivity index (χ2v) is 28.4. The summed E-state index contributed by atoms with van der Waals surface area (Å²) in [4.78, 5) is 5.19. The van der Waals surface area contributed by atoms with Crippen LogP contribution in [-0.4, -0.2) is 18.3 Å². The largest absolute Gasteiger partial charge is 0.317 e. The van der Waals surface area contributed by atoms with Crippen LogP contribution in [0.5, 0.6) is 0 Å². The standard InChI is InChI=1S/C92H50N6S2/c1-94-84-89(96-78-37-16-10-30-64(78)65-31-11-17-38-79(65)96)86(97-80-51-56(74-49-54-22-3-5-25-59(54)60-26-6-7-27-61(60)74)42-44-66(80)70-45-47-72-68-32-12-18-39-82(68)99-91(72)87(70)97)75(52-93)85(95-76-35-14-8-28-62(76)63-29-9-15-36-77(63)95)90(84)98-81-50-55(58-34-20-23-53-21-2-4-24-57(53)58)41-43-67(81)71-46-48-73-69-33-13-19-40-83(69)100-92(73)88(71)98/h2-51H. The van der Waals surface area contributed by atoms with E-state index in [0.29, 0.717) is 34.0 Å². The number of hydrogen-bond donors (Lipinski definition) is 0. The van der Waals surface area contributed by atoms with Gasteiger partial charge in [0.25, 0.3) is 0 Å². The van der Waals surface area contributed by atoms with Crippen LogP contribution >= 0.6 is 22.7 Å². The van der Waals surface area contributed by atoms with Gasteiger partial charge in [0.05, 0.1) is 82.9 Å². The van der Waals surface area contributed by atoms with Gasteiger partial charge in [-0.2, -0.15) is 5.26 Å². The Morgan fingerprint density at radius 3 is 1.20 bits per heavy atom. The molecule has 22 aromatic rings. The molecule has 100 heavy (non-hydrogen) atoms. The molecule has 8 heteroatoms. The molecule has 0 aliphatic carbocycles. The van der Waals surface area contributed by atoms with E-state index in [1.165, 1.54) is 25.6 Å². The zero-order valence-corrected chi connectivity index (χ0v) is 55.0. The van der Waals surface area contributed by atoms with Gasteiger partial charge in [0.15, 0.2) is 0 Å². The van der Waals surface area contributed by atoms with Crippen LogP contribution < -0.4 is 0 Å². The first-order chi connectivity index (χ1) is 49.6. The van der Waals surface area contributed by atoms with Crippen molar-refractivity contribution in [1.82, 2.24) is 18.3 Å². The molecular formula is C92H50N6S2. The fourth-order valence-corrected chi connectivity index (χ4v) is 19.7. The number of nitrogens with zero attached hydrogens (tertiary/aromatic N) is 6. The Morgan fingerprint density at radius 1 is 0.280 bits per heavy atom. The molecule has 460 valence electrons. The topological polar surface area (TPSA) is 47.9 Å². The maximum Gasteiger partial charge on any atom is 0.238 e. The highest BCUT2D eigenvalue weighted by atomic mass is 32.1. The second-order valence-electron chi connectivity index (χ2n) is 26.3. The molecule has 0 saturated carbocycles. The predicted octanol–water partition coefficient (Wildman–Crippen LogP) is 26.0. The van der Waals surface area contributed by atoms with Crippen molar-refractivity contribution >= 4 is 188 Å². The summed E-state index contributed by atoms with van der Waals surface area (Å²) in [6, 6.07) is 113. The lowest BCUT2D eigenvalue weighted by molar-refractivity contribution is 1.04. The molecule has 0 bridgehead atoms. The van der Waals surface area contributed by atoms with Crippen LogP contribution in [-0.2, 0) is 0 Å². The number of fused-ring (bicyclic) bond motifs is 24. The minimum Gasteiger partial charge on any atom is -0.317 e. The molecular weight excluding hydrogens is 1250 g/mol. The first-order valence-corrected chi connectivity index (χ1v) is 35.4. The molecule has 0 saturated heterocycles. The van der Waals surface area contributed by atoms with Gasteiger partial charge in [-0.15, -0.1) is 22.7 Å². The summed E-state index contributed by atoms with van der Waals surface area (Å²) in [6.45, 7) is 10.6. The third-order valence-electron chi connectivity index (χ3n) is 21.4. The van der Waals surface area contributed by atoms with Gasteiger partial charge < -0.3 is 18.3 Å². The summed E-state index contributed by atoms with van der Waals surface area (Å²) in [5.74, 6) is 0. The third kappa shape index (κ3) is 7.42. The zero-order valence-electron chi connectivity index (χ0n) is 53.4. The molecule has 0 radical (unpaired) electrons. The number of rotatable bonds is 6. The fraction of sp³-hybridized carbons (Fsp3) is 0. The zero-order chi connectivity index (χ0) is 65.6. The highest BCUT2D eigenvalue weighted by Gasteiger charge is 2.36. The fourth-order valence-electron chi connectivity index (χ4n) is 17.2. The van der Waals surface area contributed by atoms with E-state index in [9.17, 15) is 11.8 Å². The van der Waals surface area contributed by atoms with E-state index in [-0.39, 0.29) is 0 Å². The predicted molar refractivity (Wildman–Crippen MR) is 424 cm³/mol. The highest BCUT2D eigenvalue weighted by Crippen LogP contribution is 2.55. The summed E-state index contributed by atoms with van der Waals surface area (Å²) in [7, 11) is 0. The molecule has 6 heterocycles. The number of para-hydroxylation sites is 4. The van der Waals surface area contributed by atoms with Crippen molar-refractivity contribution in [2.45, 2.75) is 0 Å². The molecule has 6 aromatic heterocycles. The molecule has 6 nitrogen and oxygen atoms in total. The number of benzene rings is 16. The van der Waals surface area contributed by atoms with Crippen LogP contribution in [0.15, 0.2) is 303 Å². The highest BCUT2D eigenvalue weighted by molar-refractivity contribution is 7.27. The van der Waals surface area contributed by atoms with Crippen molar-refractivity contribution in [1.29, 1.82) is 5.26 Å². The van der Waals surface area contributed by atoms with Crippen LogP contribution in [0.3, 0.4) is 0 Å². The average molecular weight is 1300 g/mol. The molecule has 0 spiro atoms. The van der Waals surface area contributed by atoms with Crippen molar-refractivity contribution in [2.24, 2.45) is 0 Å². The summed E-state index contributed by atoms with van der Waals surface area (Å²) < 4.78 is 14.0. The minimum atomic E-state index is 0.389. The van der Waals surface area contributed by atoms with Crippen molar-refractivity contribution < 1.29 is 0 Å². The maximum atomic E-state index is 13.6. The lowest BCUT2D eigenvalue weighted by atomic mass is 9.93. The van der Waals surface area contributed by atoms with Gasteiger partial charge in [-0.3, -0.25) is 0 Å². The van der Waals surface area contributed by atoms with E-state index < -0.39 is 0 Å². The van der Waals surface area contributed by atoms with E-state index in [2.05, 4.69) is 328 Å². The van der Waals surface area contributed by atoms with Crippen LogP contribution in [0.1, 0.15) is 5.56 Å². The van der Waals surface area contributed by atoms with Gasteiger partial charge >= 0.3 is 0 Å². The van der Waals surface area contributed by atoms with Gasteiger partial charge in [-0.05, 0) is 109 Å². The molecule has 0 aliphatic heterocycles. The quantitative estimate of drug-likeness (QED) is 0.121. The first kappa shape index (κ1) is 55.1.